The molecule has 1 amide bonds. The Bertz CT molecular complexity index is 610. The van der Waals surface area contributed by atoms with Gasteiger partial charge in [0.05, 0.1) is 12.0 Å². The summed E-state index contributed by atoms with van der Waals surface area (Å²) in [7, 11) is 0. The summed E-state index contributed by atoms with van der Waals surface area (Å²) in [6.45, 7) is 7.90. The average molecular weight is 342 g/mol. The Balaban J connectivity index is 1.39. The van der Waals surface area contributed by atoms with Crippen LogP contribution in [-0.2, 0) is 14.9 Å². The minimum Gasteiger partial charge on any atom is -0.380 e. The van der Waals surface area contributed by atoms with Gasteiger partial charge in [-0.15, -0.1) is 0 Å². The fourth-order valence-corrected chi connectivity index (χ4v) is 4.70. The van der Waals surface area contributed by atoms with Crippen LogP contribution in [0.3, 0.4) is 0 Å². The molecule has 2 aliphatic heterocycles. The molecule has 0 bridgehead atoms. The molecule has 0 unspecified atom stereocenters. The van der Waals surface area contributed by atoms with Crippen molar-refractivity contribution in [2.45, 2.75) is 50.5 Å². The lowest BCUT2D eigenvalue weighted by atomic mass is 9.89. The van der Waals surface area contributed by atoms with Crippen LogP contribution in [0.1, 0.15) is 43.2 Å². The van der Waals surface area contributed by atoms with E-state index in [0.29, 0.717) is 11.9 Å². The molecule has 0 N–H and O–H groups in total. The molecular weight excluding hydrogens is 312 g/mol. The van der Waals surface area contributed by atoms with Crippen molar-refractivity contribution < 1.29 is 9.53 Å². The number of hydrogen-bond acceptors (Lipinski definition) is 3. The van der Waals surface area contributed by atoms with E-state index in [4.69, 9.17) is 4.74 Å². The zero-order chi connectivity index (χ0) is 17.3. The smallest absolute Gasteiger partial charge is 0.233 e. The van der Waals surface area contributed by atoms with Gasteiger partial charge in [-0.3, -0.25) is 9.69 Å². The van der Waals surface area contributed by atoms with Gasteiger partial charge in [-0.25, -0.2) is 0 Å². The second-order valence-corrected chi connectivity index (χ2v) is 7.92. The molecule has 2 heterocycles. The lowest BCUT2D eigenvalue weighted by Gasteiger charge is -2.39. The monoisotopic (exact) mass is 342 g/mol. The predicted molar refractivity (Wildman–Crippen MR) is 98.7 cm³/mol. The molecule has 25 heavy (non-hydrogen) atoms. The van der Waals surface area contributed by atoms with E-state index < -0.39 is 0 Å². The van der Waals surface area contributed by atoms with E-state index >= 15 is 0 Å². The second-order valence-electron chi connectivity index (χ2n) is 7.92. The number of carbonyl (C=O) groups is 1. The van der Waals surface area contributed by atoms with Crippen molar-refractivity contribution >= 4 is 5.91 Å². The maximum absolute atomic E-state index is 13.3. The minimum atomic E-state index is -0.214. The summed E-state index contributed by atoms with van der Waals surface area (Å²) in [5, 5.41) is 0. The molecule has 1 saturated carbocycles. The zero-order valence-corrected chi connectivity index (χ0v) is 15.4. The molecule has 136 valence electrons. The number of hydrogen-bond donors (Lipinski definition) is 0. The van der Waals surface area contributed by atoms with Gasteiger partial charge in [0.1, 0.15) is 0 Å². The fraction of sp³-hybridized carbons (Fsp3) is 0.667. The normalized spacial score (nSPS) is 24.8. The Hall–Kier alpha value is -1.39. The third-order valence-electron chi connectivity index (χ3n) is 6.34. The van der Waals surface area contributed by atoms with Crippen molar-refractivity contribution in [1.82, 2.24) is 9.80 Å². The molecule has 0 atom stereocenters. The topological polar surface area (TPSA) is 32.8 Å². The van der Waals surface area contributed by atoms with Crippen molar-refractivity contribution in [2.75, 3.05) is 39.4 Å². The highest BCUT2D eigenvalue weighted by Crippen LogP contribution is 2.50. The van der Waals surface area contributed by atoms with Crippen LogP contribution in [0.2, 0.25) is 0 Å². The molecule has 0 aromatic heterocycles. The number of aryl methyl sites for hydroxylation is 1. The van der Waals surface area contributed by atoms with Crippen LogP contribution in [0.15, 0.2) is 24.3 Å². The lowest BCUT2D eigenvalue weighted by molar-refractivity contribution is -0.135. The van der Waals surface area contributed by atoms with Crippen LogP contribution in [-0.4, -0.2) is 61.1 Å². The Labute approximate surface area is 151 Å². The van der Waals surface area contributed by atoms with Gasteiger partial charge in [-0.1, -0.05) is 24.3 Å². The van der Waals surface area contributed by atoms with Gasteiger partial charge in [-0.05, 0) is 50.2 Å². The maximum atomic E-state index is 13.3. The van der Waals surface area contributed by atoms with Crippen molar-refractivity contribution in [3.05, 3.63) is 35.4 Å². The number of ether oxygens (including phenoxy) is 1. The van der Waals surface area contributed by atoms with E-state index in [1.54, 1.807) is 0 Å². The Morgan fingerprint density at radius 2 is 1.84 bits per heavy atom. The fourth-order valence-electron chi connectivity index (χ4n) is 4.70. The number of amides is 1. The third-order valence-corrected chi connectivity index (χ3v) is 6.34. The number of likely N-dealkylation sites (tertiary alicyclic amines) is 1. The Morgan fingerprint density at radius 1 is 1.08 bits per heavy atom. The molecule has 0 radical (unpaired) electrons. The average Bonchev–Trinajstić information content (AvgIpc) is 3.47. The number of rotatable bonds is 3. The molecule has 1 aliphatic carbocycles. The summed E-state index contributed by atoms with van der Waals surface area (Å²) in [4.78, 5) is 18.0. The van der Waals surface area contributed by atoms with Crippen molar-refractivity contribution in [1.29, 1.82) is 0 Å². The van der Waals surface area contributed by atoms with Gasteiger partial charge in [0.2, 0.25) is 5.91 Å². The summed E-state index contributed by atoms with van der Waals surface area (Å²) in [5.74, 6) is 0.374. The number of nitrogens with zero attached hydrogens (tertiary/aromatic N) is 2. The molecule has 2 saturated heterocycles. The first kappa shape index (κ1) is 17.0. The van der Waals surface area contributed by atoms with Crippen molar-refractivity contribution in [2.24, 2.45) is 0 Å². The molecular formula is C21H30N2O2. The van der Waals surface area contributed by atoms with Gasteiger partial charge >= 0.3 is 0 Å². The molecule has 1 aromatic rings. The zero-order valence-electron chi connectivity index (χ0n) is 15.4. The van der Waals surface area contributed by atoms with Crippen LogP contribution < -0.4 is 0 Å². The van der Waals surface area contributed by atoms with Gasteiger partial charge < -0.3 is 9.64 Å². The summed E-state index contributed by atoms with van der Waals surface area (Å²) >= 11 is 0. The van der Waals surface area contributed by atoms with E-state index in [1.807, 2.05) is 0 Å². The number of piperidine rings is 1. The first-order valence-corrected chi connectivity index (χ1v) is 9.88. The summed E-state index contributed by atoms with van der Waals surface area (Å²) in [5.41, 5.74) is 2.30. The van der Waals surface area contributed by atoms with Crippen molar-refractivity contribution in [3.63, 3.8) is 0 Å². The summed E-state index contributed by atoms with van der Waals surface area (Å²) < 4.78 is 5.58. The molecule has 4 nitrogen and oxygen atoms in total. The number of benzene rings is 1. The van der Waals surface area contributed by atoms with Gasteiger partial charge in [0, 0.05) is 38.8 Å². The van der Waals surface area contributed by atoms with E-state index in [9.17, 15) is 4.79 Å². The van der Waals surface area contributed by atoms with Crippen LogP contribution in [0.4, 0.5) is 0 Å². The van der Waals surface area contributed by atoms with Crippen LogP contribution in [0, 0.1) is 6.92 Å². The highest BCUT2D eigenvalue weighted by atomic mass is 16.5. The third kappa shape index (κ3) is 3.34. The lowest BCUT2D eigenvalue weighted by Crippen LogP contribution is -2.49. The van der Waals surface area contributed by atoms with E-state index in [-0.39, 0.29) is 5.41 Å². The van der Waals surface area contributed by atoms with E-state index in [1.165, 1.54) is 11.1 Å². The summed E-state index contributed by atoms with van der Waals surface area (Å²) in [6, 6.07) is 9.05. The molecule has 1 aromatic carbocycles. The first-order valence-electron chi connectivity index (χ1n) is 9.88. The molecule has 3 aliphatic rings. The largest absolute Gasteiger partial charge is 0.380 e. The van der Waals surface area contributed by atoms with E-state index in [0.717, 1.165) is 71.5 Å². The maximum Gasteiger partial charge on any atom is 0.233 e. The van der Waals surface area contributed by atoms with Crippen molar-refractivity contribution in [3.8, 4) is 0 Å². The van der Waals surface area contributed by atoms with Crippen LogP contribution in [0.25, 0.3) is 0 Å². The van der Waals surface area contributed by atoms with Gasteiger partial charge in [0.25, 0.3) is 0 Å². The Kier molecular flexibility index (Phi) is 4.83. The minimum absolute atomic E-state index is 0.214. The van der Waals surface area contributed by atoms with E-state index in [2.05, 4.69) is 41.0 Å². The van der Waals surface area contributed by atoms with Gasteiger partial charge in [0.15, 0.2) is 0 Å². The molecule has 0 spiro atoms. The molecule has 4 heteroatoms. The van der Waals surface area contributed by atoms with Crippen LogP contribution >= 0.6 is 0 Å². The highest BCUT2D eigenvalue weighted by molar-refractivity contribution is 5.91. The molecule has 4 rings (SSSR count). The van der Waals surface area contributed by atoms with Crippen LogP contribution in [0.5, 0.6) is 0 Å². The predicted octanol–water partition coefficient (Wildman–Crippen LogP) is 2.74. The Morgan fingerprint density at radius 3 is 2.56 bits per heavy atom. The first-order chi connectivity index (χ1) is 12.2. The summed E-state index contributed by atoms with van der Waals surface area (Å²) in [6.07, 6.45) is 5.38. The number of carbonyl (C=O) groups excluding carboxylic acids is 1. The highest BCUT2D eigenvalue weighted by Gasteiger charge is 2.53. The standard InChI is InChI=1S/C21H30N2O2/c1-17-5-2-3-6-19(17)21(9-10-21)20(24)23-12-7-18(8-13-23)22-11-4-15-25-16-14-22/h2-3,5-6,18H,4,7-16H2,1H3. The SMILES string of the molecule is Cc1ccccc1C1(C(=O)N2CCC(N3CCCOCC3)CC2)CC1. The second kappa shape index (κ2) is 7.08. The van der Waals surface area contributed by atoms with Gasteiger partial charge in [-0.2, -0.15) is 0 Å². The molecule has 3 fully saturated rings. The quantitative estimate of drug-likeness (QED) is 0.847.